The topological polar surface area (TPSA) is 73.0 Å². The van der Waals surface area contributed by atoms with Crippen molar-refractivity contribution in [2.75, 3.05) is 11.1 Å². The summed E-state index contributed by atoms with van der Waals surface area (Å²) in [6.07, 6.45) is 1.87. The van der Waals surface area contributed by atoms with Crippen molar-refractivity contribution in [2.24, 2.45) is 0 Å². The van der Waals surface area contributed by atoms with Crippen molar-refractivity contribution in [1.29, 1.82) is 0 Å². The first-order valence-electron chi connectivity index (χ1n) is 9.61. The third kappa shape index (κ3) is 4.80. The van der Waals surface area contributed by atoms with Crippen molar-refractivity contribution in [3.63, 3.8) is 0 Å². The number of nitrogens with one attached hydrogen (secondary N) is 1. The molecule has 0 aliphatic heterocycles. The zero-order valence-corrected chi connectivity index (χ0v) is 17.6. The van der Waals surface area contributed by atoms with Crippen LogP contribution in [0.1, 0.15) is 16.9 Å². The highest BCUT2D eigenvalue weighted by molar-refractivity contribution is 7.99. The van der Waals surface area contributed by atoms with Crippen molar-refractivity contribution in [3.05, 3.63) is 83.7 Å². The number of rotatable bonds is 7. The molecule has 0 radical (unpaired) electrons. The quantitative estimate of drug-likeness (QED) is 0.431. The highest BCUT2D eigenvalue weighted by Crippen LogP contribution is 2.27. The molecular weight excluding hydrogens is 396 g/mol. The summed E-state index contributed by atoms with van der Waals surface area (Å²) in [5, 5.41) is 7.34. The summed E-state index contributed by atoms with van der Waals surface area (Å²) in [4.78, 5) is 16.9. The highest BCUT2D eigenvalue weighted by atomic mass is 32.2. The summed E-state index contributed by atoms with van der Waals surface area (Å²) < 4.78 is 7.14. The van der Waals surface area contributed by atoms with Gasteiger partial charge >= 0.3 is 0 Å². The second kappa shape index (κ2) is 9.00. The van der Waals surface area contributed by atoms with Crippen molar-refractivity contribution in [1.82, 2.24) is 14.7 Å². The lowest BCUT2D eigenvalue weighted by atomic mass is 10.1. The molecule has 1 N–H and O–H groups in total. The Kier molecular flexibility index (Phi) is 5.99. The van der Waals surface area contributed by atoms with E-state index in [1.165, 1.54) is 22.9 Å². The molecule has 0 fully saturated rings. The van der Waals surface area contributed by atoms with E-state index in [1.807, 2.05) is 24.4 Å². The minimum absolute atomic E-state index is 0.153. The van der Waals surface area contributed by atoms with Crippen molar-refractivity contribution >= 4 is 23.5 Å². The molecular formula is C23H22N4O2S. The second-order valence-electron chi connectivity index (χ2n) is 7.02. The van der Waals surface area contributed by atoms with E-state index in [0.717, 1.165) is 16.4 Å². The lowest BCUT2D eigenvalue weighted by molar-refractivity contribution is -0.113. The summed E-state index contributed by atoms with van der Waals surface area (Å²) in [5.41, 5.74) is 4.50. The van der Waals surface area contributed by atoms with E-state index < -0.39 is 0 Å². The van der Waals surface area contributed by atoms with Crippen LogP contribution in [0.3, 0.4) is 0 Å². The minimum Gasteiger partial charge on any atom is -0.360 e. The Hall–Kier alpha value is -3.32. The van der Waals surface area contributed by atoms with Crippen LogP contribution >= 0.6 is 11.8 Å². The Morgan fingerprint density at radius 3 is 2.57 bits per heavy atom. The molecule has 0 spiro atoms. The Balaban J connectivity index is 1.55. The number of carbonyl (C=O) groups excluding carboxylic acids is 1. The van der Waals surface area contributed by atoms with Crippen LogP contribution in [-0.2, 0) is 11.3 Å². The highest BCUT2D eigenvalue weighted by Gasteiger charge is 2.15. The summed E-state index contributed by atoms with van der Waals surface area (Å²) in [6.45, 7) is 4.53. The molecule has 2 heterocycles. The standard InChI is InChI=1S/C23H22N4O2S/c1-16-8-10-19(11-9-16)20-13-24-23(27(20)14-18-6-4-3-5-7-18)30-15-22(28)25-21-12-17(2)29-26-21/h3-13H,14-15H2,1-2H3,(H,25,26,28). The van der Waals surface area contributed by atoms with Gasteiger partial charge in [0.25, 0.3) is 0 Å². The van der Waals surface area contributed by atoms with E-state index in [0.29, 0.717) is 18.1 Å². The largest absolute Gasteiger partial charge is 0.360 e. The Bertz CT molecular complexity index is 1130. The van der Waals surface area contributed by atoms with Gasteiger partial charge in [-0.05, 0) is 25.0 Å². The molecule has 0 bridgehead atoms. The van der Waals surface area contributed by atoms with Gasteiger partial charge in [-0.25, -0.2) is 4.98 Å². The van der Waals surface area contributed by atoms with Crippen LogP contribution in [0.4, 0.5) is 5.82 Å². The average Bonchev–Trinajstić information content (AvgIpc) is 3.34. The number of hydrogen-bond donors (Lipinski definition) is 1. The van der Waals surface area contributed by atoms with E-state index >= 15 is 0 Å². The number of anilines is 1. The fraction of sp³-hybridized carbons (Fsp3) is 0.174. The van der Waals surface area contributed by atoms with Gasteiger partial charge in [-0.15, -0.1) is 0 Å². The molecule has 0 unspecified atom stereocenters. The van der Waals surface area contributed by atoms with Gasteiger partial charge < -0.3 is 14.4 Å². The lowest BCUT2D eigenvalue weighted by Gasteiger charge is -2.12. The molecule has 0 saturated carbocycles. The minimum atomic E-state index is -0.153. The third-order valence-electron chi connectivity index (χ3n) is 4.58. The molecule has 0 aliphatic carbocycles. The van der Waals surface area contributed by atoms with E-state index in [2.05, 4.69) is 63.3 Å². The van der Waals surface area contributed by atoms with Gasteiger partial charge in [0.2, 0.25) is 5.91 Å². The normalized spacial score (nSPS) is 10.9. The second-order valence-corrected chi connectivity index (χ2v) is 7.97. The van der Waals surface area contributed by atoms with Gasteiger partial charge in [-0.2, -0.15) is 0 Å². The number of imidazole rings is 1. The van der Waals surface area contributed by atoms with Crippen LogP contribution in [0.25, 0.3) is 11.3 Å². The molecule has 6 nitrogen and oxygen atoms in total. The molecule has 2 aromatic carbocycles. The van der Waals surface area contributed by atoms with Gasteiger partial charge in [0.1, 0.15) is 5.76 Å². The number of hydrogen-bond acceptors (Lipinski definition) is 5. The number of aromatic nitrogens is 3. The van der Waals surface area contributed by atoms with E-state index in [-0.39, 0.29) is 11.7 Å². The fourth-order valence-electron chi connectivity index (χ4n) is 3.08. The van der Waals surface area contributed by atoms with Gasteiger partial charge in [-0.3, -0.25) is 4.79 Å². The maximum absolute atomic E-state index is 12.3. The van der Waals surface area contributed by atoms with Crippen LogP contribution in [0.5, 0.6) is 0 Å². The number of thioether (sulfide) groups is 1. The van der Waals surface area contributed by atoms with Gasteiger partial charge in [0, 0.05) is 6.07 Å². The van der Waals surface area contributed by atoms with Crippen LogP contribution in [0.15, 0.2) is 76.5 Å². The molecule has 0 saturated heterocycles. The van der Waals surface area contributed by atoms with Crippen LogP contribution in [0.2, 0.25) is 0 Å². The number of amides is 1. The van der Waals surface area contributed by atoms with E-state index in [1.54, 1.807) is 13.0 Å². The summed E-state index contributed by atoms with van der Waals surface area (Å²) >= 11 is 1.40. The third-order valence-corrected chi connectivity index (χ3v) is 5.57. The smallest absolute Gasteiger partial charge is 0.236 e. The molecule has 152 valence electrons. The lowest BCUT2D eigenvalue weighted by Crippen LogP contribution is -2.15. The van der Waals surface area contributed by atoms with Gasteiger partial charge in [-0.1, -0.05) is 77.1 Å². The molecule has 1 amide bonds. The van der Waals surface area contributed by atoms with Crippen molar-refractivity contribution in [2.45, 2.75) is 25.5 Å². The number of carbonyl (C=O) groups is 1. The molecule has 30 heavy (non-hydrogen) atoms. The Morgan fingerprint density at radius 2 is 1.87 bits per heavy atom. The predicted molar refractivity (Wildman–Crippen MR) is 119 cm³/mol. The Morgan fingerprint density at radius 1 is 1.10 bits per heavy atom. The molecule has 2 aromatic heterocycles. The SMILES string of the molecule is Cc1ccc(-c2cnc(SCC(=O)Nc3cc(C)on3)n2Cc2ccccc2)cc1. The first kappa shape index (κ1) is 20.0. The predicted octanol–water partition coefficient (Wildman–Crippen LogP) is 4.93. The number of aryl methyl sites for hydroxylation is 2. The molecule has 4 rings (SSSR count). The van der Waals surface area contributed by atoms with Crippen LogP contribution in [-0.4, -0.2) is 26.4 Å². The van der Waals surface area contributed by atoms with Crippen molar-refractivity contribution < 1.29 is 9.32 Å². The van der Waals surface area contributed by atoms with Gasteiger partial charge in [0.15, 0.2) is 11.0 Å². The zero-order valence-electron chi connectivity index (χ0n) is 16.8. The van der Waals surface area contributed by atoms with E-state index in [9.17, 15) is 4.79 Å². The monoisotopic (exact) mass is 418 g/mol. The van der Waals surface area contributed by atoms with Gasteiger partial charge in [0.05, 0.1) is 24.2 Å². The van der Waals surface area contributed by atoms with Crippen molar-refractivity contribution in [3.8, 4) is 11.3 Å². The average molecular weight is 419 g/mol. The first-order chi connectivity index (χ1) is 14.6. The molecule has 0 aliphatic rings. The van der Waals surface area contributed by atoms with Crippen LogP contribution < -0.4 is 5.32 Å². The summed E-state index contributed by atoms with van der Waals surface area (Å²) in [6, 6.07) is 20.3. The van der Waals surface area contributed by atoms with Crippen LogP contribution in [0, 0.1) is 13.8 Å². The maximum atomic E-state index is 12.3. The first-order valence-corrected chi connectivity index (χ1v) is 10.6. The Labute approximate surface area is 179 Å². The molecule has 4 aromatic rings. The number of benzene rings is 2. The molecule has 0 atom stereocenters. The zero-order chi connectivity index (χ0) is 20.9. The van der Waals surface area contributed by atoms with E-state index in [4.69, 9.17) is 4.52 Å². The molecule has 7 heteroatoms. The number of nitrogens with zero attached hydrogens (tertiary/aromatic N) is 3. The maximum Gasteiger partial charge on any atom is 0.236 e. The fourth-order valence-corrected chi connectivity index (χ4v) is 3.86. The summed E-state index contributed by atoms with van der Waals surface area (Å²) in [7, 11) is 0. The summed E-state index contributed by atoms with van der Waals surface area (Å²) in [5.74, 6) is 1.15.